The van der Waals surface area contributed by atoms with Crippen LogP contribution in [0.4, 0.5) is 10.5 Å². The van der Waals surface area contributed by atoms with Gasteiger partial charge in [-0.25, -0.2) is 4.79 Å². The molecule has 42 heavy (non-hydrogen) atoms. The number of hydrogen-bond donors (Lipinski definition) is 0. The minimum atomic E-state index is -1.05. The monoisotopic (exact) mass is 578 g/mol. The van der Waals surface area contributed by atoms with E-state index in [1.165, 1.54) is 43.0 Å². The van der Waals surface area contributed by atoms with E-state index in [0.29, 0.717) is 17.1 Å². The predicted molar refractivity (Wildman–Crippen MR) is 148 cm³/mol. The van der Waals surface area contributed by atoms with E-state index in [9.17, 15) is 24.5 Å². The van der Waals surface area contributed by atoms with Gasteiger partial charge in [0.1, 0.15) is 30.1 Å². The number of carbonyl (C=O) groups is 3. The highest BCUT2D eigenvalue weighted by Crippen LogP contribution is 2.43. The number of nitro benzene ring substituents is 1. The third kappa shape index (κ3) is 6.60. The van der Waals surface area contributed by atoms with Crippen molar-refractivity contribution in [1.82, 2.24) is 4.90 Å². The zero-order chi connectivity index (χ0) is 30.4. The van der Waals surface area contributed by atoms with E-state index >= 15 is 0 Å². The lowest BCUT2D eigenvalue weighted by atomic mass is 9.84. The Morgan fingerprint density at radius 2 is 1.43 bits per heavy atom. The molecule has 0 saturated carbocycles. The number of carbonyl (C=O) groups excluding carboxylic acids is 3. The fourth-order valence-corrected chi connectivity index (χ4v) is 4.72. The summed E-state index contributed by atoms with van der Waals surface area (Å²) in [6, 6.07) is 19.2. The van der Waals surface area contributed by atoms with Crippen molar-refractivity contribution in [2.75, 3.05) is 14.2 Å². The SMILES string of the molecule is COc1ccc(C(c2ccc(OC)cc2)N2C(=O)C(C(C)OC(=O)OCc3ccc([N+](=O)[O-])cc3)C2OC(C)=O)cc1. The average molecular weight is 579 g/mol. The van der Waals surface area contributed by atoms with Crippen LogP contribution in [-0.4, -0.2) is 54.4 Å². The molecule has 3 unspecified atom stereocenters. The third-order valence-corrected chi connectivity index (χ3v) is 6.84. The molecule has 1 aliphatic rings. The summed E-state index contributed by atoms with van der Waals surface area (Å²) in [7, 11) is 3.10. The van der Waals surface area contributed by atoms with Crippen LogP contribution in [-0.2, 0) is 30.4 Å². The molecule has 4 rings (SSSR count). The molecule has 12 heteroatoms. The number of esters is 1. The van der Waals surface area contributed by atoms with Gasteiger partial charge in [0.2, 0.25) is 5.91 Å². The number of ether oxygens (including phenoxy) is 5. The number of likely N-dealkylation sites (tertiary alicyclic amines) is 1. The highest BCUT2D eigenvalue weighted by molar-refractivity contribution is 5.88. The van der Waals surface area contributed by atoms with Crippen molar-refractivity contribution < 1.29 is 43.0 Å². The first-order chi connectivity index (χ1) is 20.1. The molecule has 0 spiro atoms. The van der Waals surface area contributed by atoms with Crippen molar-refractivity contribution in [2.45, 2.75) is 38.8 Å². The lowest BCUT2D eigenvalue weighted by Gasteiger charge is -2.51. The number of benzene rings is 3. The van der Waals surface area contributed by atoms with Gasteiger partial charge >= 0.3 is 12.1 Å². The summed E-state index contributed by atoms with van der Waals surface area (Å²) in [5.41, 5.74) is 1.89. The third-order valence-electron chi connectivity index (χ3n) is 6.84. The molecule has 1 amide bonds. The number of rotatable bonds is 11. The smallest absolute Gasteiger partial charge is 0.497 e. The minimum Gasteiger partial charge on any atom is -0.497 e. The second-order valence-electron chi connectivity index (χ2n) is 9.51. The molecule has 220 valence electrons. The molecular weight excluding hydrogens is 548 g/mol. The maximum absolute atomic E-state index is 13.7. The molecule has 3 atom stereocenters. The number of amides is 1. The van der Waals surface area contributed by atoms with E-state index in [4.69, 9.17) is 23.7 Å². The minimum absolute atomic E-state index is 0.0953. The number of hydrogen-bond acceptors (Lipinski definition) is 10. The molecule has 0 N–H and O–H groups in total. The van der Waals surface area contributed by atoms with Gasteiger partial charge in [0.25, 0.3) is 5.69 Å². The fraction of sp³-hybridized carbons (Fsp3) is 0.300. The zero-order valence-electron chi connectivity index (χ0n) is 23.4. The van der Waals surface area contributed by atoms with Gasteiger partial charge in [0.15, 0.2) is 6.23 Å². The average Bonchev–Trinajstić information content (AvgIpc) is 2.98. The predicted octanol–water partition coefficient (Wildman–Crippen LogP) is 4.79. The van der Waals surface area contributed by atoms with E-state index in [-0.39, 0.29) is 12.3 Å². The molecule has 1 aliphatic heterocycles. The summed E-state index contributed by atoms with van der Waals surface area (Å²) < 4.78 is 26.7. The maximum Gasteiger partial charge on any atom is 0.508 e. The Bertz CT molecular complexity index is 1380. The highest BCUT2D eigenvalue weighted by Gasteiger charge is 2.56. The summed E-state index contributed by atoms with van der Waals surface area (Å²) in [6.45, 7) is 2.55. The highest BCUT2D eigenvalue weighted by atomic mass is 16.7. The van der Waals surface area contributed by atoms with Crippen LogP contribution in [0.2, 0.25) is 0 Å². The van der Waals surface area contributed by atoms with Crippen LogP contribution in [0.5, 0.6) is 11.5 Å². The number of nitrogens with zero attached hydrogens (tertiary/aromatic N) is 2. The molecule has 1 fully saturated rings. The van der Waals surface area contributed by atoms with Gasteiger partial charge in [-0.3, -0.25) is 24.6 Å². The van der Waals surface area contributed by atoms with E-state index in [2.05, 4.69) is 0 Å². The Kier molecular flexibility index (Phi) is 9.25. The van der Waals surface area contributed by atoms with Crippen LogP contribution >= 0.6 is 0 Å². The Balaban J connectivity index is 1.53. The second-order valence-corrected chi connectivity index (χ2v) is 9.51. The fourth-order valence-electron chi connectivity index (χ4n) is 4.72. The van der Waals surface area contributed by atoms with Gasteiger partial charge in [0.05, 0.1) is 25.2 Å². The molecule has 1 saturated heterocycles. The summed E-state index contributed by atoms with van der Waals surface area (Å²) in [4.78, 5) is 50.0. The lowest BCUT2D eigenvalue weighted by Crippen LogP contribution is -2.66. The molecule has 0 bridgehead atoms. The van der Waals surface area contributed by atoms with Gasteiger partial charge in [-0.15, -0.1) is 0 Å². The van der Waals surface area contributed by atoms with Crippen LogP contribution in [0.15, 0.2) is 72.8 Å². The first kappa shape index (κ1) is 29.8. The number of nitro groups is 1. The van der Waals surface area contributed by atoms with E-state index < -0.39 is 47.2 Å². The van der Waals surface area contributed by atoms with Crippen LogP contribution in [0.3, 0.4) is 0 Å². The van der Waals surface area contributed by atoms with Gasteiger partial charge in [-0.05, 0) is 60.0 Å². The van der Waals surface area contributed by atoms with Crippen LogP contribution in [0.25, 0.3) is 0 Å². The molecule has 0 aliphatic carbocycles. The van der Waals surface area contributed by atoms with E-state index in [0.717, 1.165) is 11.1 Å². The first-order valence-corrected chi connectivity index (χ1v) is 13.0. The molecule has 3 aromatic carbocycles. The largest absolute Gasteiger partial charge is 0.508 e. The topological polar surface area (TPSA) is 144 Å². The second kappa shape index (κ2) is 13.0. The van der Waals surface area contributed by atoms with Crippen molar-refractivity contribution in [3.05, 3.63) is 99.6 Å². The van der Waals surface area contributed by atoms with E-state index in [1.807, 2.05) is 24.3 Å². The number of non-ortho nitro benzene ring substituents is 1. The molecular formula is C30H30N2O10. The molecule has 3 aromatic rings. The Hall–Kier alpha value is -5.13. The molecule has 0 radical (unpaired) electrons. The normalized spacial score (nSPS) is 16.7. The lowest BCUT2D eigenvalue weighted by molar-refractivity contribution is -0.384. The van der Waals surface area contributed by atoms with Gasteiger partial charge in [-0.2, -0.15) is 0 Å². The molecule has 1 heterocycles. The Morgan fingerprint density at radius 1 is 0.905 bits per heavy atom. The van der Waals surface area contributed by atoms with Crippen molar-refractivity contribution >= 4 is 23.7 Å². The van der Waals surface area contributed by atoms with Gasteiger partial charge < -0.3 is 23.7 Å². The van der Waals surface area contributed by atoms with Gasteiger partial charge in [0, 0.05) is 19.1 Å². The Morgan fingerprint density at radius 3 is 1.88 bits per heavy atom. The maximum atomic E-state index is 13.7. The summed E-state index contributed by atoms with van der Waals surface area (Å²) >= 11 is 0. The van der Waals surface area contributed by atoms with Crippen molar-refractivity contribution in [3.63, 3.8) is 0 Å². The van der Waals surface area contributed by atoms with Crippen LogP contribution in [0.1, 0.15) is 36.6 Å². The Labute approximate surface area is 241 Å². The van der Waals surface area contributed by atoms with Crippen molar-refractivity contribution in [3.8, 4) is 11.5 Å². The van der Waals surface area contributed by atoms with Gasteiger partial charge in [-0.1, -0.05) is 24.3 Å². The number of methoxy groups -OCH3 is 2. The molecule has 0 aromatic heterocycles. The quantitative estimate of drug-likeness (QED) is 0.135. The zero-order valence-corrected chi connectivity index (χ0v) is 23.4. The van der Waals surface area contributed by atoms with Crippen LogP contribution in [0, 0.1) is 16.0 Å². The first-order valence-electron chi connectivity index (χ1n) is 13.0. The summed E-state index contributed by atoms with van der Waals surface area (Å²) in [5.74, 6) is -0.733. The molecule has 12 nitrogen and oxygen atoms in total. The number of β-lactam (4-membered cyclic amide) rings is 1. The van der Waals surface area contributed by atoms with Crippen molar-refractivity contribution in [1.29, 1.82) is 0 Å². The summed E-state index contributed by atoms with van der Waals surface area (Å²) in [5, 5.41) is 10.8. The van der Waals surface area contributed by atoms with Crippen LogP contribution < -0.4 is 9.47 Å². The van der Waals surface area contributed by atoms with E-state index in [1.54, 1.807) is 38.5 Å². The summed E-state index contributed by atoms with van der Waals surface area (Å²) in [6.07, 6.45) is -3.09. The van der Waals surface area contributed by atoms with Crippen molar-refractivity contribution in [2.24, 2.45) is 5.92 Å². The standard InChI is InChI=1S/C30H30N2O10/c1-18(41-30(35)40-17-20-5-11-23(12-6-20)32(36)37)26-28(34)31(29(26)42-19(2)33)27(21-7-13-24(38-3)14-8-21)22-9-15-25(39-4)16-10-22/h5-16,18,26-27,29H,17H2,1-4H3.